The third kappa shape index (κ3) is 3.11. The molecule has 19 heavy (non-hydrogen) atoms. The molecule has 0 fully saturated rings. The van der Waals surface area contributed by atoms with E-state index in [2.05, 4.69) is 0 Å². The fraction of sp³-hybridized carbons (Fsp3) is 0.188. The molecule has 0 aliphatic rings. The molecule has 0 bridgehead atoms. The van der Waals surface area contributed by atoms with Crippen molar-refractivity contribution in [1.82, 2.24) is 0 Å². The molecule has 2 nitrogen and oxygen atoms in total. The highest BCUT2D eigenvalue weighted by molar-refractivity contribution is 5.52. The Labute approximate surface area is 112 Å². The molecule has 2 aromatic carbocycles. The monoisotopic (exact) mass is 254 g/mol. The highest BCUT2D eigenvalue weighted by atomic mass is 19.1. The second-order valence-electron chi connectivity index (χ2n) is 4.60. The number of aryl methyl sites for hydroxylation is 1. The van der Waals surface area contributed by atoms with Crippen molar-refractivity contribution in [3.05, 3.63) is 65.0 Å². The minimum atomic E-state index is -0.368. The van der Waals surface area contributed by atoms with Crippen LogP contribution in [0.1, 0.15) is 16.7 Å². The number of nitrogens with zero attached hydrogens (tertiary/aromatic N) is 2. The van der Waals surface area contributed by atoms with Crippen molar-refractivity contribution >= 4 is 5.69 Å². The number of rotatable bonds is 3. The maximum absolute atomic E-state index is 13.4. The van der Waals surface area contributed by atoms with Crippen molar-refractivity contribution in [3.63, 3.8) is 0 Å². The van der Waals surface area contributed by atoms with Crippen LogP contribution in [0, 0.1) is 24.1 Å². The normalized spacial score (nSPS) is 10.0. The summed E-state index contributed by atoms with van der Waals surface area (Å²) in [6.45, 7) is 2.61. The summed E-state index contributed by atoms with van der Waals surface area (Å²) >= 11 is 0. The van der Waals surface area contributed by atoms with Crippen LogP contribution < -0.4 is 4.90 Å². The summed E-state index contributed by atoms with van der Waals surface area (Å²) in [6, 6.07) is 14.4. The van der Waals surface area contributed by atoms with Gasteiger partial charge in [0, 0.05) is 19.3 Å². The van der Waals surface area contributed by atoms with E-state index >= 15 is 0 Å². The summed E-state index contributed by atoms with van der Waals surface area (Å²) in [5.41, 5.74) is 3.42. The molecule has 3 heteroatoms. The van der Waals surface area contributed by atoms with Crippen LogP contribution in [0.4, 0.5) is 10.1 Å². The zero-order valence-corrected chi connectivity index (χ0v) is 11.0. The summed E-state index contributed by atoms with van der Waals surface area (Å²) in [7, 11) is 1.96. The lowest BCUT2D eigenvalue weighted by molar-refractivity contribution is 0.624. The molecule has 0 aromatic heterocycles. The minimum absolute atomic E-state index is 0.355. The zero-order chi connectivity index (χ0) is 13.8. The predicted octanol–water partition coefficient (Wildman–Crippen LogP) is 3.64. The Bertz CT molecular complexity index is 629. The van der Waals surface area contributed by atoms with E-state index in [1.54, 1.807) is 6.07 Å². The molecule has 0 aliphatic heterocycles. The highest BCUT2D eigenvalue weighted by Gasteiger charge is 2.07. The van der Waals surface area contributed by atoms with E-state index in [1.165, 1.54) is 17.7 Å². The van der Waals surface area contributed by atoms with Crippen molar-refractivity contribution in [2.45, 2.75) is 13.5 Å². The third-order valence-electron chi connectivity index (χ3n) is 3.03. The minimum Gasteiger partial charge on any atom is -0.370 e. The smallest absolute Gasteiger partial charge is 0.124 e. The molecule has 2 rings (SSSR count). The van der Waals surface area contributed by atoms with Gasteiger partial charge in [-0.25, -0.2) is 4.39 Å². The summed E-state index contributed by atoms with van der Waals surface area (Å²) in [4.78, 5) is 2.05. The van der Waals surface area contributed by atoms with Crippen molar-refractivity contribution < 1.29 is 4.39 Å². The van der Waals surface area contributed by atoms with Crippen molar-refractivity contribution in [3.8, 4) is 6.07 Å². The Morgan fingerprint density at radius 3 is 2.63 bits per heavy atom. The molecule has 0 radical (unpaired) electrons. The van der Waals surface area contributed by atoms with Gasteiger partial charge in [0.2, 0.25) is 0 Å². The Hall–Kier alpha value is -2.34. The Morgan fingerprint density at radius 2 is 1.95 bits per heavy atom. The lowest BCUT2D eigenvalue weighted by Gasteiger charge is -2.21. The maximum atomic E-state index is 13.4. The largest absolute Gasteiger partial charge is 0.370 e. The summed E-state index contributed by atoms with van der Waals surface area (Å²) in [5, 5.41) is 8.85. The standard InChI is InChI=1S/C16H15FN2/c1-12-5-3-4-6-16(12)19(2)11-14-7-13(10-18)8-15(17)9-14/h3-9H,11H2,1-2H3. The summed E-state index contributed by atoms with van der Waals surface area (Å²) in [5.74, 6) is -0.368. The molecule has 0 unspecified atom stereocenters. The average molecular weight is 254 g/mol. The maximum Gasteiger partial charge on any atom is 0.124 e. The van der Waals surface area contributed by atoms with Gasteiger partial charge in [0.05, 0.1) is 11.6 Å². The summed E-state index contributed by atoms with van der Waals surface area (Å²) < 4.78 is 13.4. The molecule has 0 heterocycles. The lowest BCUT2D eigenvalue weighted by atomic mass is 10.1. The van der Waals surface area contributed by atoms with Gasteiger partial charge >= 0.3 is 0 Å². The number of hydrogen-bond acceptors (Lipinski definition) is 2. The zero-order valence-electron chi connectivity index (χ0n) is 11.0. The van der Waals surface area contributed by atoms with Crippen LogP contribution in [0.25, 0.3) is 0 Å². The van der Waals surface area contributed by atoms with Crippen molar-refractivity contribution in [2.75, 3.05) is 11.9 Å². The van der Waals surface area contributed by atoms with Crippen LogP contribution in [0.3, 0.4) is 0 Å². The Balaban J connectivity index is 2.24. The van der Waals surface area contributed by atoms with Gasteiger partial charge in [-0.2, -0.15) is 5.26 Å². The van der Waals surface area contributed by atoms with Crippen LogP contribution in [0.2, 0.25) is 0 Å². The number of nitriles is 1. The number of halogens is 1. The molecule has 0 spiro atoms. The van der Waals surface area contributed by atoms with Gasteiger partial charge in [-0.1, -0.05) is 18.2 Å². The van der Waals surface area contributed by atoms with Gasteiger partial charge in [0.15, 0.2) is 0 Å². The van der Waals surface area contributed by atoms with Crippen LogP contribution in [0.5, 0.6) is 0 Å². The second-order valence-corrected chi connectivity index (χ2v) is 4.60. The fourth-order valence-corrected chi connectivity index (χ4v) is 2.16. The lowest BCUT2D eigenvalue weighted by Crippen LogP contribution is -2.17. The van der Waals surface area contributed by atoms with E-state index in [-0.39, 0.29) is 5.82 Å². The van der Waals surface area contributed by atoms with Gasteiger partial charge in [-0.3, -0.25) is 0 Å². The first-order valence-corrected chi connectivity index (χ1v) is 6.06. The first-order chi connectivity index (χ1) is 9.10. The van der Waals surface area contributed by atoms with E-state index in [1.807, 2.05) is 49.2 Å². The van der Waals surface area contributed by atoms with Gasteiger partial charge in [0.25, 0.3) is 0 Å². The molecule has 0 amide bonds. The van der Waals surface area contributed by atoms with Gasteiger partial charge in [-0.05, 0) is 42.3 Å². The van der Waals surface area contributed by atoms with Crippen LogP contribution in [-0.4, -0.2) is 7.05 Å². The molecular weight excluding hydrogens is 239 g/mol. The molecule has 0 atom stereocenters. The van der Waals surface area contributed by atoms with Gasteiger partial charge < -0.3 is 4.90 Å². The van der Waals surface area contributed by atoms with Crippen molar-refractivity contribution in [1.29, 1.82) is 5.26 Å². The number of anilines is 1. The highest BCUT2D eigenvalue weighted by Crippen LogP contribution is 2.20. The Kier molecular flexibility index (Phi) is 3.82. The SMILES string of the molecule is Cc1ccccc1N(C)Cc1cc(F)cc(C#N)c1. The fourth-order valence-electron chi connectivity index (χ4n) is 2.16. The molecule has 0 aliphatic carbocycles. The predicted molar refractivity (Wildman–Crippen MR) is 74.4 cm³/mol. The molecule has 0 N–H and O–H groups in total. The van der Waals surface area contributed by atoms with Crippen LogP contribution in [-0.2, 0) is 6.54 Å². The van der Waals surface area contributed by atoms with E-state index in [4.69, 9.17) is 5.26 Å². The first-order valence-electron chi connectivity index (χ1n) is 6.06. The van der Waals surface area contributed by atoms with E-state index in [0.717, 1.165) is 11.3 Å². The Morgan fingerprint density at radius 1 is 1.21 bits per heavy atom. The number of para-hydroxylation sites is 1. The van der Waals surface area contributed by atoms with Gasteiger partial charge in [-0.15, -0.1) is 0 Å². The van der Waals surface area contributed by atoms with E-state index < -0.39 is 0 Å². The molecule has 0 saturated carbocycles. The number of hydrogen-bond donors (Lipinski definition) is 0. The molecule has 96 valence electrons. The van der Waals surface area contributed by atoms with Crippen molar-refractivity contribution in [2.24, 2.45) is 0 Å². The van der Waals surface area contributed by atoms with E-state index in [0.29, 0.717) is 12.1 Å². The first kappa shape index (κ1) is 13.1. The van der Waals surface area contributed by atoms with Crippen LogP contribution in [0.15, 0.2) is 42.5 Å². The molecule has 0 saturated heterocycles. The topological polar surface area (TPSA) is 27.0 Å². The number of benzene rings is 2. The van der Waals surface area contributed by atoms with Crippen LogP contribution >= 0.6 is 0 Å². The molecular formula is C16H15FN2. The second kappa shape index (κ2) is 5.53. The average Bonchev–Trinajstić information content (AvgIpc) is 2.38. The van der Waals surface area contributed by atoms with E-state index in [9.17, 15) is 4.39 Å². The van der Waals surface area contributed by atoms with Gasteiger partial charge in [0.1, 0.15) is 5.82 Å². The molecule has 2 aromatic rings. The third-order valence-corrected chi connectivity index (χ3v) is 3.03. The summed E-state index contributed by atoms with van der Waals surface area (Å²) in [6.07, 6.45) is 0. The quantitative estimate of drug-likeness (QED) is 0.836.